The molecule has 2 aromatic carbocycles. The molecule has 0 radical (unpaired) electrons. The lowest BCUT2D eigenvalue weighted by atomic mass is 10.1. The zero-order chi connectivity index (χ0) is 19.6. The minimum absolute atomic E-state index is 0.0225. The standard InChI is InChI=1S/C16H14Br3ClO4S2/c17-16(18,19)26(23,24)15-9-7-14(8-10-15)25(21,22)13-5-3-12(4-6-13)2-1-11-20/h3-10H,1-2,11H2. The highest BCUT2D eigenvalue weighted by Gasteiger charge is 2.37. The van der Waals surface area contributed by atoms with E-state index in [4.69, 9.17) is 11.6 Å². The number of hydrogen-bond acceptors (Lipinski definition) is 4. The predicted molar refractivity (Wildman–Crippen MR) is 114 cm³/mol. The van der Waals surface area contributed by atoms with Crippen LogP contribution in [-0.2, 0) is 26.1 Å². The molecule has 0 N–H and O–H groups in total. The third kappa shape index (κ3) is 4.91. The van der Waals surface area contributed by atoms with Crippen molar-refractivity contribution in [2.45, 2.75) is 29.0 Å². The Morgan fingerprint density at radius 3 is 1.62 bits per heavy atom. The first-order chi connectivity index (χ1) is 12.0. The Bertz CT molecular complexity index is 966. The van der Waals surface area contributed by atoms with E-state index in [1.54, 1.807) is 24.3 Å². The highest BCUT2D eigenvalue weighted by Crippen LogP contribution is 2.43. The van der Waals surface area contributed by atoms with E-state index in [-0.39, 0.29) is 14.7 Å². The van der Waals surface area contributed by atoms with Gasteiger partial charge < -0.3 is 0 Å². The quantitative estimate of drug-likeness (QED) is 0.420. The molecule has 2 aromatic rings. The summed E-state index contributed by atoms with van der Waals surface area (Å²) in [6.45, 7) is 0. The molecule has 0 atom stereocenters. The maximum atomic E-state index is 12.7. The van der Waals surface area contributed by atoms with Gasteiger partial charge in [0.15, 0.2) is 0 Å². The average Bonchev–Trinajstić information content (AvgIpc) is 2.59. The van der Waals surface area contributed by atoms with Gasteiger partial charge in [-0.3, -0.25) is 0 Å². The molecule has 10 heteroatoms. The summed E-state index contributed by atoms with van der Waals surface area (Å²) in [6, 6.07) is 11.7. The van der Waals surface area contributed by atoms with Gasteiger partial charge in [-0.1, -0.05) is 12.1 Å². The van der Waals surface area contributed by atoms with Crippen molar-refractivity contribution in [2.75, 3.05) is 5.88 Å². The molecule has 0 heterocycles. The number of alkyl halides is 4. The summed E-state index contributed by atoms with van der Waals surface area (Å²) in [5, 5.41) is 0. The number of aryl methyl sites for hydroxylation is 1. The van der Waals surface area contributed by atoms with E-state index in [1.807, 2.05) is 0 Å². The van der Waals surface area contributed by atoms with E-state index in [0.717, 1.165) is 18.4 Å². The molecule has 0 amide bonds. The molecule has 142 valence electrons. The second-order valence-corrected chi connectivity index (χ2v) is 18.1. The van der Waals surface area contributed by atoms with Crippen LogP contribution in [0, 0.1) is 0 Å². The van der Waals surface area contributed by atoms with Gasteiger partial charge in [-0.05, 0) is 103 Å². The second kappa shape index (κ2) is 8.61. The number of halogens is 4. The Balaban J connectivity index is 2.33. The number of rotatable bonds is 6. The van der Waals surface area contributed by atoms with Gasteiger partial charge in [0.05, 0.1) is 14.7 Å². The summed E-state index contributed by atoms with van der Waals surface area (Å²) < 4.78 is 48.5. The van der Waals surface area contributed by atoms with E-state index in [1.165, 1.54) is 24.3 Å². The van der Waals surface area contributed by atoms with Gasteiger partial charge in [0.2, 0.25) is 21.1 Å². The molecule has 0 aliphatic rings. The molecule has 0 aliphatic carbocycles. The van der Waals surface area contributed by atoms with Crippen molar-refractivity contribution in [2.24, 2.45) is 0 Å². The summed E-state index contributed by atoms with van der Waals surface area (Å²) >= 11 is 14.6. The van der Waals surface area contributed by atoms with Crippen LogP contribution in [0.5, 0.6) is 0 Å². The van der Waals surface area contributed by atoms with Crippen molar-refractivity contribution in [1.29, 1.82) is 0 Å². The SMILES string of the molecule is O=S(=O)(c1ccc(CCCCl)cc1)c1ccc(S(=O)(=O)C(Br)(Br)Br)cc1. The van der Waals surface area contributed by atoms with Crippen molar-refractivity contribution in [3.63, 3.8) is 0 Å². The maximum Gasteiger partial charge on any atom is 0.239 e. The third-order valence-corrected chi connectivity index (χ3v) is 11.0. The van der Waals surface area contributed by atoms with Gasteiger partial charge in [0, 0.05) is 5.88 Å². The maximum absolute atomic E-state index is 12.7. The van der Waals surface area contributed by atoms with Crippen LogP contribution in [0.15, 0.2) is 63.2 Å². The third-order valence-electron chi connectivity index (χ3n) is 3.58. The van der Waals surface area contributed by atoms with E-state index >= 15 is 0 Å². The first-order valence-electron chi connectivity index (χ1n) is 7.31. The van der Waals surface area contributed by atoms with Crippen molar-refractivity contribution >= 4 is 79.1 Å². The fourth-order valence-corrected chi connectivity index (χ4v) is 6.01. The van der Waals surface area contributed by atoms with Crippen LogP contribution in [0.2, 0.25) is 0 Å². The minimum atomic E-state index is -3.77. The molecule has 0 saturated heterocycles. The van der Waals surface area contributed by atoms with Crippen LogP contribution in [0.4, 0.5) is 0 Å². The van der Waals surface area contributed by atoms with Gasteiger partial charge in [-0.25, -0.2) is 16.8 Å². The van der Waals surface area contributed by atoms with Gasteiger partial charge in [0.25, 0.3) is 0 Å². The first kappa shape index (κ1) is 22.4. The minimum Gasteiger partial charge on any atom is -0.220 e. The van der Waals surface area contributed by atoms with Gasteiger partial charge >= 0.3 is 0 Å². The molecule has 0 unspecified atom stereocenters. The molecule has 26 heavy (non-hydrogen) atoms. The van der Waals surface area contributed by atoms with E-state index < -0.39 is 21.1 Å². The van der Waals surface area contributed by atoms with Gasteiger partial charge in [-0.2, -0.15) is 0 Å². The fourth-order valence-electron chi connectivity index (χ4n) is 2.17. The zero-order valence-electron chi connectivity index (χ0n) is 13.2. The van der Waals surface area contributed by atoms with Crippen molar-refractivity contribution in [3.05, 3.63) is 54.1 Å². The Morgan fingerprint density at radius 1 is 0.769 bits per heavy atom. The summed E-state index contributed by atoms with van der Waals surface area (Å²) in [7, 11) is -7.50. The molecule has 0 fully saturated rings. The topological polar surface area (TPSA) is 68.3 Å². The van der Waals surface area contributed by atoms with Crippen LogP contribution in [0.25, 0.3) is 0 Å². The Kier molecular flexibility index (Phi) is 7.41. The molecular weight excluding hydrogens is 595 g/mol. The fraction of sp³-hybridized carbons (Fsp3) is 0.250. The largest absolute Gasteiger partial charge is 0.239 e. The average molecular weight is 610 g/mol. The van der Waals surface area contributed by atoms with Crippen molar-refractivity contribution < 1.29 is 16.8 Å². The number of benzene rings is 2. The van der Waals surface area contributed by atoms with Crippen LogP contribution in [-0.4, -0.2) is 24.2 Å². The number of hydrogen-bond donors (Lipinski definition) is 0. The van der Waals surface area contributed by atoms with E-state index in [0.29, 0.717) is 5.88 Å². The van der Waals surface area contributed by atoms with Crippen molar-refractivity contribution in [3.8, 4) is 0 Å². The summed E-state index contributed by atoms with van der Waals surface area (Å²) in [5.74, 6) is 0.549. The van der Waals surface area contributed by atoms with Crippen LogP contribution in [0.3, 0.4) is 0 Å². The van der Waals surface area contributed by atoms with Crippen LogP contribution in [0.1, 0.15) is 12.0 Å². The molecule has 0 aliphatic heterocycles. The normalized spacial score (nSPS) is 12.9. The lowest BCUT2D eigenvalue weighted by Crippen LogP contribution is -2.17. The molecular formula is C16H14Br3ClO4S2. The first-order valence-corrected chi connectivity index (χ1v) is 13.2. The smallest absolute Gasteiger partial charge is 0.220 e. The summed E-state index contributed by atoms with van der Waals surface area (Å²) in [4.78, 5) is 0.145. The Labute approximate surface area is 183 Å². The molecule has 0 saturated carbocycles. The molecule has 0 aromatic heterocycles. The lowest BCUT2D eigenvalue weighted by Gasteiger charge is -2.14. The zero-order valence-corrected chi connectivity index (χ0v) is 20.3. The van der Waals surface area contributed by atoms with E-state index in [2.05, 4.69) is 47.8 Å². The highest BCUT2D eigenvalue weighted by molar-refractivity contribution is 9.42. The highest BCUT2D eigenvalue weighted by atomic mass is 80.0. The van der Waals surface area contributed by atoms with Gasteiger partial charge in [-0.15, -0.1) is 11.6 Å². The van der Waals surface area contributed by atoms with Crippen LogP contribution < -0.4 is 0 Å². The lowest BCUT2D eigenvalue weighted by molar-refractivity contribution is 0.593. The monoisotopic (exact) mass is 606 g/mol. The van der Waals surface area contributed by atoms with Gasteiger partial charge in [0.1, 0.15) is 0 Å². The molecule has 0 spiro atoms. The Morgan fingerprint density at radius 2 is 1.19 bits per heavy atom. The molecule has 4 nitrogen and oxygen atoms in total. The molecule has 2 rings (SSSR count). The number of sulfone groups is 2. The summed E-state index contributed by atoms with van der Waals surface area (Å²) in [5.41, 5.74) is 1.01. The predicted octanol–water partition coefficient (Wildman–Crippen LogP) is 5.26. The molecule has 0 bridgehead atoms. The van der Waals surface area contributed by atoms with Crippen molar-refractivity contribution in [1.82, 2.24) is 0 Å². The summed E-state index contributed by atoms with van der Waals surface area (Å²) in [6.07, 6.45) is 1.60. The van der Waals surface area contributed by atoms with Crippen LogP contribution >= 0.6 is 59.4 Å². The Hall–Kier alpha value is 0.0700. The second-order valence-electron chi connectivity index (χ2n) is 5.36. The van der Waals surface area contributed by atoms with E-state index in [9.17, 15) is 16.8 Å².